The third-order valence-electron chi connectivity index (χ3n) is 6.78. The Morgan fingerprint density at radius 2 is 2.00 bits per heavy atom. The lowest BCUT2D eigenvalue weighted by atomic mass is 9.97. The van der Waals surface area contributed by atoms with E-state index >= 15 is 0 Å². The highest BCUT2D eigenvalue weighted by molar-refractivity contribution is 5.99. The number of pyridine rings is 2. The first-order chi connectivity index (χ1) is 14.6. The molecule has 8 heteroatoms. The van der Waals surface area contributed by atoms with Crippen molar-refractivity contribution in [3.8, 4) is 5.88 Å². The van der Waals surface area contributed by atoms with Crippen molar-refractivity contribution in [2.45, 2.75) is 84.2 Å². The molecule has 2 aromatic rings. The molecule has 0 aliphatic carbocycles. The molecule has 5 heterocycles. The van der Waals surface area contributed by atoms with Gasteiger partial charge in [0.1, 0.15) is 23.3 Å². The first-order valence-corrected chi connectivity index (χ1v) is 11.0. The Morgan fingerprint density at radius 1 is 1.26 bits per heavy atom. The Hall–Kier alpha value is -2.64. The Bertz CT molecular complexity index is 1080. The van der Waals surface area contributed by atoms with E-state index in [1.165, 1.54) is 6.20 Å². The van der Waals surface area contributed by atoms with Crippen molar-refractivity contribution in [1.82, 2.24) is 14.9 Å². The lowest BCUT2D eigenvalue weighted by molar-refractivity contribution is 0.000953. The molecule has 2 bridgehead atoms. The topological polar surface area (TPSA) is 67.8 Å². The number of hydrogen-bond donors (Lipinski definition) is 0. The maximum Gasteiger partial charge on any atom is 0.410 e. The summed E-state index contributed by atoms with van der Waals surface area (Å²) in [5.74, 6) is 0.742. The molecule has 4 atom stereocenters. The Morgan fingerprint density at radius 3 is 2.71 bits per heavy atom. The quantitative estimate of drug-likeness (QED) is 0.629. The second-order valence-electron chi connectivity index (χ2n) is 9.96. The number of hydrogen-bond acceptors (Lipinski definition) is 6. The molecule has 0 saturated carbocycles. The van der Waals surface area contributed by atoms with Crippen LogP contribution < -0.4 is 9.64 Å². The van der Waals surface area contributed by atoms with Crippen molar-refractivity contribution in [1.29, 1.82) is 0 Å². The largest absolute Gasteiger partial charge is 0.472 e. The van der Waals surface area contributed by atoms with Gasteiger partial charge in [-0.2, -0.15) is 0 Å². The van der Waals surface area contributed by atoms with Crippen molar-refractivity contribution in [3.05, 3.63) is 23.3 Å². The van der Waals surface area contributed by atoms with Crippen LogP contribution in [0.15, 0.2) is 6.20 Å². The van der Waals surface area contributed by atoms with E-state index in [-0.39, 0.29) is 36.1 Å². The van der Waals surface area contributed by atoms with Gasteiger partial charge < -0.3 is 14.4 Å². The molecule has 2 fully saturated rings. The summed E-state index contributed by atoms with van der Waals surface area (Å²) in [6, 6.07) is -0.174. The number of nitrogens with zero attached hydrogens (tertiary/aromatic N) is 4. The van der Waals surface area contributed by atoms with E-state index in [1.54, 1.807) is 0 Å². The zero-order chi connectivity index (χ0) is 22.2. The number of aromatic nitrogens is 2. The average Bonchev–Trinajstić information content (AvgIpc) is 2.92. The van der Waals surface area contributed by atoms with Crippen LogP contribution in [0.5, 0.6) is 5.88 Å². The molecular weight excluding hydrogens is 399 g/mol. The Kier molecular flexibility index (Phi) is 4.37. The molecule has 2 saturated heterocycles. The van der Waals surface area contributed by atoms with Crippen molar-refractivity contribution in [2.24, 2.45) is 0 Å². The Balaban J connectivity index is 1.64. The number of fused-ring (bicyclic) bond motifs is 5. The van der Waals surface area contributed by atoms with E-state index in [2.05, 4.69) is 9.88 Å². The molecule has 1 amide bonds. The lowest BCUT2D eigenvalue weighted by Gasteiger charge is -2.48. The molecule has 31 heavy (non-hydrogen) atoms. The third kappa shape index (κ3) is 3.02. The third-order valence-corrected chi connectivity index (χ3v) is 6.78. The summed E-state index contributed by atoms with van der Waals surface area (Å²) in [5.41, 5.74) is 1.03. The van der Waals surface area contributed by atoms with Crippen LogP contribution in [0.1, 0.15) is 51.8 Å². The van der Waals surface area contributed by atoms with Gasteiger partial charge in [-0.05, 0) is 59.9 Å². The number of piperazine rings is 1. The molecule has 7 nitrogen and oxygen atoms in total. The Labute approximate surface area is 181 Å². The molecular formula is C23H29FN4O3. The molecule has 0 radical (unpaired) electrons. The first-order valence-electron chi connectivity index (χ1n) is 11.0. The zero-order valence-electron chi connectivity index (χ0n) is 18.9. The van der Waals surface area contributed by atoms with Crippen molar-refractivity contribution in [3.63, 3.8) is 0 Å². The SMILES string of the molecule is Cc1nc2c3c(ncc(F)c3c1C)OC(C)C1C3CCC(CN21)N3C(=O)OC(C)(C)C. The van der Waals surface area contributed by atoms with Gasteiger partial charge in [-0.25, -0.2) is 19.2 Å². The number of aryl methyl sites for hydroxylation is 2. The van der Waals surface area contributed by atoms with Gasteiger partial charge in [0.15, 0.2) is 0 Å². The van der Waals surface area contributed by atoms with E-state index in [0.717, 1.165) is 24.1 Å². The highest BCUT2D eigenvalue weighted by Gasteiger charge is 2.53. The summed E-state index contributed by atoms with van der Waals surface area (Å²) in [4.78, 5) is 26.3. The van der Waals surface area contributed by atoms with Crippen molar-refractivity contribution in [2.75, 3.05) is 11.4 Å². The zero-order valence-corrected chi connectivity index (χ0v) is 18.9. The van der Waals surface area contributed by atoms with Gasteiger partial charge in [-0.15, -0.1) is 0 Å². The minimum Gasteiger partial charge on any atom is -0.472 e. The summed E-state index contributed by atoms with van der Waals surface area (Å²) >= 11 is 0. The number of carbonyl (C=O) groups is 1. The molecule has 5 rings (SSSR count). The van der Waals surface area contributed by atoms with E-state index < -0.39 is 5.60 Å². The number of rotatable bonds is 0. The fourth-order valence-corrected chi connectivity index (χ4v) is 5.44. The van der Waals surface area contributed by atoms with Gasteiger partial charge in [0, 0.05) is 17.6 Å². The van der Waals surface area contributed by atoms with E-state index in [4.69, 9.17) is 14.5 Å². The second-order valence-corrected chi connectivity index (χ2v) is 9.96. The predicted molar refractivity (Wildman–Crippen MR) is 115 cm³/mol. The maximum atomic E-state index is 14.9. The first kappa shape index (κ1) is 20.3. The van der Waals surface area contributed by atoms with Crippen molar-refractivity contribution < 1.29 is 18.7 Å². The predicted octanol–water partition coefficient (Wildman–Crippen LogP) is 4.12. The fraction of sp³-hybridized carbons (Fsp3) is 0.609. The molecule has 3 aliphatic rings. The van der Waals surface area contributed by atoms with Gasteiger partial charge in [0.25, 0.3) is 0 Å². The molecule has 4 unspecified atom stereocenters. The second kappa shape index (κ2) is 6.68. The van der Waals surface area contributed by atoms with Gasteiger partial charge in [-0.1, -0.05) is 0 Å². The molecule has 0 spiro atoms. The fourth-order valence-electron chi connectivity index (χ4n) is 5.44. The van der Waals surface area contributed by atoms with Crippen LogP contribution in [0.4, 0.5) is 15.0 Å². The highest BCUT2D eigenvalue weighted by atomic mass is 19.1. The summed E-state index contributed by atoms with van der Waals surface area (Å²) in [5, 5.41) is 1.14. The molecule has 0 N–H and O–H groups in total. The number of carbonyl (C=O) groups excluding carboxylic acids is 1. The van der Waals surface area contributed by atoms with E-state index in [9.17, 15) is 9.18 Å². The van der Waals surface area contributed by atoms with Gasteiger partial charge in [-0.3, -0.25) is 4.90 Å². The van der Waals surface area contributed by atoms with Gasteiger partial charge >= 0.3 is 6.09 Å². The van der Waals surface area contributed by atoms with Gasteiger partial charge in [0.2, 0.25) is 5.88 Å². The summed E-state index contributed by atoms with van der Waals surface area (Å²) < 4.78 is 26.9. The smallest absolute Gasteiger partial charge is 0.410 e. The van der Waals surface area contributed by atoms with Crippen LogP contribution in [0, 0.1) is 19.7 Å². The number of halogens is 1. The number of ether oxygens (including phenoxy) is 2. The average molecular weight is 429 g/mol. The van der Waals surface area contributed by atoms with Crippen LogP contribution in [-0.2, 0) is 4.74 Å². The monoisotopic (exact) mass is 428 g/mol. The van der Waals surface area contributed by atoms with Gasteiger partial charge in [0.05, 0.1) is 29.7 Å². The van der Waals surface area contributed by atoms with E-state index in [1.807, 2.05) is 46.4 Å². The minimum absolute atomic E-state index is 0.0184. The van der Waals surface area contributed by atoms with E-state index in [0.29, 0.717) is 29.0 Å². The summed E-state index contributed by atoms with van der Waals surface area (Å²) in [6.45, 7) is 12.0. The maximum absolute atomic E-state index is 14.9. The number of amides is 1. The highest BCUT2D eigenvalue weighted by Crippen LogP contribution is 2.45. The van der Waals surface area contributed by atoms with Crippen LogP contribution in [0.25, 0.3) is 10.8 Å². The summed E-state index contributed by atoms with van der Waals surface area (Å²) in [6.07, 6.45) is 2.45. The minimum atomic E-state index is -0.557. The van der Waals surface area contributed by atoms with Crippen molar-refractivity contribution >= 4 is 22.7 Å². The van der Waals surface area contributed by atoms with Crippen LogP contribution in [-0.4, -0.2) is 57.3 Å². The standard InChI is InChI=1S/C23H29FN4O3/c1-11-12(2)26-20-18-17(11)15(24)9-25-21(18)30-13(3)19-16-8-7-14(10-27(19)20)28(16)22(29)31-23(4,5)6/h9,13-14,16,19H,7-8,10H2,1-6H3. The number of anilines is 1. The lowest BCUT2D eigenvalue weighted by Crippen LogP contribution is -2.65. The summed E-state index contributed by atoms with van der Waals surface area (Å²) in [7, 11) is 0. The molecule has 166 valence electrons. The molecule has 0 aromatic carbocycles. The van der Waals surface area contributed by atoms with Crippen LogP contribution in [0.3, 0.4) is 0 Å². The van der Waals surface area contributed by atoms with Crippen LogP contribution in [0.2, 0.25) is 0 Å². The van der Waals surface area contributed by atoms with Crippen LogP contribution >= 0.6 is 0 Å². The molecule has 2 aromatic heterocycles. The normalized spacial score (nSPS) is 27.1. The molecule has 3 aliphatic heterocycles.